The third kappa shape index (κ3) is 3.97. The second kappa shape index (κ2) is 7.70. The molecule has 1 aromatic heterocycles. The van der Waals surface area contributed by atoms with Crippen LogP contribution < -0.4 is 10.1 Å². The summed E-state index contributed by atoms with van der Waals surface area (Å²) in [5.41, 5.74) is 1.81. The fourth-order valence-corrected chi connectivity index (χ4v) is 2.60. The molecule has 0 spiro atoms. The number of carbonyl (C=O) groups is 1. The van der Waals surface area contributed by atoms with E-state index in [1.807, 2.05) is 77.6 Å². The van der Waals surface area contributed by atoms with E-state index in [1.54, 1.807) is 0 Å². The number of hydrogen-bond acceptors (Lipinski definition) is 2. The molecule has 0 unspecified atom stereocenters. The number of para-hydroxylation sites is 1. The van der Waals surface area contributed by atoms with Crippen molar-refractivity contribution in [3.63, 3.8) is 0 Å². The van der Waals surface area contributed by atoms with E-state index in [0.717, 1.165) is 11.3 Å². The quantitative estimate of drug-likeness (QED) is 0.741. The maximum atomic E-state index is 12.0. The zero-order chi connectivity index (χ0) is 16.8. The molecule has 3 aromatic rings. The van der Waals surface area contributed by atoms with Crippen molar-refractivity contribution in [1.82, 2.24) is 9.88 Å². The van der Waals surface area contributed by atoms with Crippen molar-refractivity contribution in [1.29, 1.82) is 0 Å². The van der Waals surface area contributed by atoms with E-state index in [2.05, 4.69) is 5.32 Å². The second-order valence-electron chi connectivity index (χ2n) is 5.21. The maximum absolute atomic E-state index is 12.0. The fourth-order valence-electron chi connectivity index (χ4n) is 2.36. The lowest BCUT2D eigenvalue weighted by molar-refractivity contribution is -0.123. The van der Waals surface area contributed by atoms with Crippen molar-refractivity contribution in [2.75, 3.05) is 6.61 Å². The number of benzene rings is 2. The highest BCUT2D eigenvalue weighted by molar-refractivity contribution is 6.31. The van der Waals surface area contributed by atoms with Gasteiger partial charge in [0.2, 0.25) is 0 Å². The molecule has 1 N–H and O–H groups in total. The van der Waals surface area contributed by atoms with E-state index in [4.69, 9.17) is 16.3 Å². The molecule has 1 heterocycles. The first-order valence-electron chi connectivity index (χ1n) is 7.59. The number of carbonyl (C=O) groups excluding carboxylic acids is 1. The van der Waals surface area contributed by atoms with E-state index in [9.17, 15) is 4.79 Å². The average molecular weight is 341 g/mol. The Morgan fingerprint density at radius 2 is 1.75 bits per heavy atom. The molecule has 4 nitrogen and oxygen atoms in total. The minimum absolute atomic E-state index is 0.0344. The first kappa shape index (κ1) is 16.1. The Kier molecular flexibility index (Phi) is 5.18. The molecule has 24 heavy (non-hydrogen) atoms. The smallest absolute Gasteiger partial charge is 0.258 e. The van der Waals surface area contributed by atoms with Crippen molar-refractivity contribution in [2.45, 2.75) is 6.54 Å². The molecule has 3 rings (SSSR count). The molecule has 1 amide bonds. The van der Waals surface area contributed by atoms with Gasteiger partial charge in [0.25, 0.3) is 5.91 Å². The van der Waals surface area contributed by atoms with Crippen LogP contribution in [-0.2, 0) is 11.3 Å². The monoisotopic (exact) mass is 340 g/mol. The minimum Gasteiger partial charge on any atom is -0.484 e. The Morgan fingerprint density at radius 3 is 2.50 bits per heavy atom. The summed E-state index contributed by atoms with van der Waals surface area (Å²) in [6, 6.07) is 18.8. The van der Waals surface area contributed by atoms with Crippen LogP contribution in [0.2, 0.25) is 5.02 Å². The predicted molar refractivity (Wildman–Crippen MR) is 94.6 cm³/mol. The molecule has 0 atom stereocenters. The van der Waals surface area contributed by atoms with Crippen molar-refractivity contribution in [3.05, 3.63) is 83.6 Å². The summed E-state index contributed by atoms with van der Waals surface area (Å²) in [6.07, 6.45) is 3.88. The fraction of sp³-hybridized carbons (Fsp3) is 0.105. The van der Waals surface area contributed by atoms with Crippen LogP contribution >= 0.6 is 11.6 Å². The van der Waals surface area contributed by atoms with Gasteiger partial charge in [-0.05, 0) is 36.4 Å². The highest BCUT2D eigenvalue weighted by Gasteiger charge is 2.10. The molecular formula is C19H17ClN2O2. The molecule has 0 aliphatic heterocycles. The normalized spacial score (nSPS) is 10.4. The maximum Gasteiger partial charge on any atom is 0.258 e. The highest BCUT2D eigenvalue weighted by atomic mass is 35.5. The lowest BCUT2D eigenvalue weighted by Gasteiger charge is -2.14. The molecule has 5 heteroatoms. The van der Waals surface area contributed by atoms with Crippen LogP contribution in [0.3, 0.4) is 0 Å². The SMILES string of the molecule is O=C(COc1ccccc1)NCc1c(Cl)cccc1-n1cccc1. The molecular weight excluding hydrogens is 324 g/mol. The van der Waals surface area contributed by atoms with Gasteiger partial charge in [0.1, 0.15) is 5.75 Å². The number of nitrogens with one attached hydrogen (secondary N) is 1. The van der Waals surface area contributed by atoms with Crippen LogP contribution in [0.15, 0.2) is 73.1 Å². The Balaban J connectivity index is 1.63. The van der Waals surface area contributed by atoms with E-state index in [0.29, 0.717) is 17.3 Å². The number of nitrogens with zero attached hydrogens (tertiary/aromatic N) is 1. The van der Waals surface area contributed by atoms with Crippen LogP contribution in [0.1, 0.15) is 5.56 Å². The lowest BCUT2D eigenvalue weighted by Crippen LogP contribution is -2.29. The summed E-state index contributed by atoms with van der Waals surface area (Å²) >= 11 is 6.31. The standard InChI is InChI=1S/C19H17ClN2O2/c20-17-9-6-10-18(22-11-4-5-12-22)16(17)13-21-19(23)14-24-15-7-2-1-3-8-15/h1-12H,13-14H2,(H,21,23). The molecule has 0 fully saturated rings. The van der Waals surface area contributed by atoms with E-state index in [-0.39, 0.29) is 12.5 Å². The molecule has 2 aromatic carbocycles. The highest BCUT2D eigenvalue weighted by Crippen LogP contribution is 2.23. The molecule has 0 aliphatic carbocycles. The van der Waals surface area contributed by atoms with E-state index < -0.39 is 0 Å². The Labute approximate surface area is 145 Å². The third-order valence-electron chi connectivity index (χ3n) is 3.55. The van der Waals surface area contributed by atoms with Gasteiger partial charge in [0, 0.05) is 29.5 Å². The van der Waals surface area contributed by atoms with Gasteiger partial charge < -0.3 is 14.6 Å². The summed E-state index contributed by atoms with van der Waals surface area (Å²) in [7, 11) is 0. The number of rotatable bonds is 6. The summed E-state index contributed by atoms with van der Waals surface area (Å²) < 4.78 is 7.40. The van der Waals surface area contributed by atoms with Gasteiger partial charge in [-0.3, -0.25) is 4.79 Å². The van der Waals surface area contributed by atoms with Gasteiger partial charge in [-0.2, -0.15) is 0 Å². The minimum atomic E-state index is -0.197. The van der Waals surface area contributed by atoms with Crippen LogP contribution in [0.25, 0.3) is 5.69 Å². The van der Waals surface area contributed by atoms with Gasteiger partial charge >= 0.3 is 0 Å². The molecule has 0 bridgehead atoms. The third-order valence-corrected chi connectivity index (χ3v) is 3.91. The van der Waals surface area contributed by atoms with Crippen LogP contribution in [-0.4, -0.2) is 17.1 Å². The van der Waals surface area contributed by atoms with Gasteiger partial charge in [0.05, 0.1) is 5.69 Å². The zero-order valence-electron chi connectivity index (χ0n) is 13.0. The van der Waals surface area contributed by atoms with Crippen molar-refractivity contribution in [3.8, 4) is 11.4 Å². The topological polar surface area (TPSA) is 43.3 Å². The molecule has 0 saturated heterocycles. The first-order valence-corrected chi connectivity index (χ1v) is 7.97. The van der Waals surface area contributed by atoms with Crippen molar-refractivity contribution >= 4 is 17.5 Å². The Hall–Kier alpha value is -2.72. The van der Waals surface area contributed by atoms with Crippen molar-refractivity contribution < 1.29 is 9.53 Å². The number of ether oxygens (including phenoxy) is 1. The Morgan fingerprint density at radius 1 is 1.00 bits per heavy atom. The summed E-state index contributed by atoms with van der Waals surface area (Å²) in [5.74, 6) is 0.468. The molecule has 0 aliphatic rings. The first-order chi connectivity index (χ1) is 11.7. The van der Waals surface area contributed by atoms with Gasteiger partial charge in [0.15, 0.2) is 6.61 Å². The van der Waals surface area contributed by atoms with Crippen LogP contribution in [0, 0.1) is 0 Å². The molecule has 0 saturated carbocycles. The number of amides is 1. The average Bonchev–Trinajstić information content (AvgIpc) is 3.14. The summed E-state index contributed by atoms with van der Waals surface area (Å²) in [6.45, 7) is 0.303. The van der Waals surface area contributed by atoms with E-state index >= 15 is 0 Å². The zero-order valence-corrected chi connectivity index (χ0v) is 13.7. The molecule has 0 radical (unpaired) electrons. The summed E-state index contributed by atoms with van der Waals surface area (Å²) in [4.78, 5) is 12.0. The number of aromatic nitrogens is 1. The lowest BCUT2D eigenvalue weighted by atomic mass is 10.1. The van der Waals surface area contributed by atoms with Crippen LogP contribution in [0.4, 0.5) is 0 Å². The second-order valence-corrected chi connectivity index (χ2v) is 5.61. The van der Waals surface area contributed by atoms with Crippen molar-refractivity contribution in [2.24, 2.45) is 0 Å². The number of hydrogen-bond donors (Lipinski definition) is 1. The van der Waals surface area contributed by atoms with E-state index in [1.165, 1.54) is 0 Å². The Bertz CT molecular complexity index is 801. The summed E-state index contributed by atoms with van der Waals surface area (Å²) in [5, 5.41) is 3.47. The van der Waals surface area contributed by atoms with Gasteiger partial charge in [-0.15, -0.1) is 0 Å². The largest absolute Gasteiger partial charge is 0.484 e. The predicted octanol–water partition coefficient (Wildman–Crippen LogP) is 3.83. The van der Waals surface area contributed by atoms with Crippen LogP contribution in [0.5, 0.6) is 5.75 Å². The number of halogens is 1. The van der Waals surface area contributed by atoms with Gasteiger partial charge in [-0.1, -0.05) is 35.9 Å². The molecule has 122 valence electrons. The van der Waals surface area contributed by atoms with Gasteiger partial charge in [-0.25, -0.2) is 0 Å².